The van der Waals surface area contributed by atoms with Gasteiger partial charge in [-0.05, 0) is 47.4 Å². The van der Waals surface area contributed by atoms with Crippen LogP contribution in [0.4, 0.5) is 0 Å². The summed E-state index contributed by atoms with van der Waals surface area (Å²) in [5, 5.41) is 0. The van der Waals surface area contributed by atoms with Crippen molar-refractivity contribution in [2.75, 3.05) is 6.54 Å². The molecule has 2 aromatic rings. The smallest absolute Gasteiger partial charge is 0.0324 e. The van der Waals surface area contributed by atoms with E-state index in [9.17, 15) is 0 Å². The molecular formula is C21H30N2. The summed E-state index contributed by atoms with van der Waals surface area (Å²) < 4.78 is 0. The van der Waals surface area contributed by atoms with Crippen molar-refractivity contribution in [3.8, 4) is 0 Å². The highest BCUT2D eigenvalue weighted by Crippen LogP contribution is 2.26. The lowest BCUT2D eigenvalue weighted by Gasteiger charge is -2.22. The van der Waals surface area contributed by atoms with E-state index in [4.69, 9.17) is 11.5 Å². The van der Waals surface area contributed by atoms with Crippen molar-refractivity contribution in [3.05, 3.63) is 71.3 Å². The molecule has 2 nitrogen and oxygen atoms in total. The molecule has 0 fully saturated rings. The molecule has 4 N–H and O–H groups in total. The minimum absolute atomic E-state index is 0.0725. The van der Waals surface area contributed by atoms with E-state index in [2.05, 4.69) is 69.3 Å². The van der Waals surface area contributed by atoms with Crippen molar-refractivity contribution in [1.29, 1.82) is 0 Å². The summed E-state index contributed by atoms with van der Waals surface area (Å²) >= 11 is 0. The average Bonchev–Trinajstić information content (AvgIpc) is 2.56. The first-order valence-electron chi connectivity index (χ1n) is 8.62. The SMILES string of the molecule is CC(C)C(CN)c1ccc(CC(C)C(N)c2ccccc2)cc1. The third-order valence-corrected chi connectivity index (χ3v) is 4.82. The fraction of sp³-hybridized carbons (Fsp3) is 0.429. The molecule has 3 atom stereocenters. The van der Waals surface area contributed by atoms with Gasteiger partial charge in [0.2, 0.25) is 0 Å². The molecule has 2 aromatic carbocycles. The molecule has 2 heteroatoms. The quantitative estimate of drug-likeness (QED) is 0.802. The van der Waals surface area contributed by atoms with Crippen LogP contribution in [0.25, 0.3) is 0 Å². The first-order valence-corrected chi connectivity index (χ1v) is 8.62. The van der Waals surface area contributed by atoms with Crippen LogP contribution < -0.4 is 11.5 Å². The Balaban J connectivity index is 2.03. The molecule has 0 amide bonds. The molecule has 0 aliphatic heterocycles. The van der Waals surface area contributed by atoms with Crippen LogP contribution in [0.2, 0.25) is 0 Å². The highest BCUT2D eigenvalue weighted by molar-refractivity contribution is 5.27. The van der Waals surface area contributed by atoms with E-state index >= 15 is 0 Å². The highest BCUT2D eigenvalue weighted by Gasteiger charge is 2.16. The van der Waals surface area contributed by atoms with E-state index in [0.29, 0.717) is 24.3 Å². The summed E-state index contributed by atoms with van der Waals surface area (Å²) in [7, 11) is 0. The van der Waals surface area contributed by atoms with Crippen molar-refractivity contribution in [3.63, 3.8) is 0 Å². The topological polar surface area (TPSA) is 52.0 Å². The van der Waals surface area contributed by atoms with Gasteiger partial charge < -0.3 is 11.5 Å². The predicted molar refractivity (Wildman–Crippen MR) is 99.3 cm³/mol. The van der Waals surface area contributed by atoms with Crippen molar-refractivity contribution in [2.24, 2.45) is 23.3 Å². The molecule has 3 unspecified atom stereocenters. The van der Waals surface area contributed by atoms with E-state index in [-0.39, 0.29) is 6.04 Å². The summed E-state index contributed by atoms with van der Waals surface area (Å²) in [4.78, 5) is 0. The lowest BCUT2D eigenvalue weighted by atomic mass is 9.86. The third kappa shape index (κ3) is 4.66. The first-order chi connectivity index (χ1) is 11.0. The lowest BCUT2D eigenvalue weighted by molar-refractivity contribution is 0.468. The van der Waals surface area contributed by atoms with Gasteiger partial charge in [-0.3, -0.25) is 0 Å². The van der Waals surface area contributed by atoms with Gasteiger partial charge in [-0.2, -0.15) is 0 Å². The number of hydrogen-bond acceptors (Lipinski definition) is 2. The highest BCUT2D eigenvalue weighted by atomic mass is 14.6. The van der Waals surface area contributed by atoms with Crippen molar-refractivity contribution in [2.45, 2.75) is 39.2 Å². The molecule has 2 rings (SSSR count). The predicted octanol–water partition coefficient (Wildman–Crippen LogP) is 4.26. The van der Waals surface area contributed by atoms with Crippen LogP contribution in [-0.2, 0) is 6.42 Å². The van der Waals surface area contributed by atoms with Gasteiger partial charge in [0.25, 0.3) is 0 Å². The van der Waals surface area contributed by atoms with E-state index in [1.165, 1.54) is 16.7 Å². The number of benzene rings is 2. The Bertz CT molecular complexity index is 575. The van der Waals surface area contributed by atoms with Crippen LogP contribution in [0.1, 0.15) is 49.4 Å². The minimum atomic E-state index is 0.0725. The van der Waals surface area contributed by atoms with Gasteiger partial charge in [0.15, 0.2) is 0 Å². The Hall–Kier alpha value is -1.64. The Labute approximate surface area is 140 Å². The van der Waals surface area contributed by atoms with E-state index in [1.807, 2.05) is 6.07 Å². The molecule has 0 bridgehead atoms. The molecule has 0 spiro atoms. The Morgan fingerprint density at radius 3 is 1.96 bits per heavy atom. The zero-order chi connectivity index (χ0) is 16.8. The normalized spacial score (nSPS) is 15.4. The minimum Gasteiger partial charge on any atom is -0.330 e. The summed E-state index contributed by atoms with van der Waals surface area (Å²) in [6.45, 7) is 7.38. The second-order valence-electron chi connectivity index (χ2n) is 6.95. The van der Waals surface area contributed by atoms with Gasteiger partial charge in [0.1, 0.15) is 0 Å². The zero-order valence-electron chi connectivity index (χ0n) is 14.6. The van der Waals surface area contributed by atoms with Gasteiger partial charge in [-0.1, -0.05) is 75.4 Å². The molecule has 0 aromatic heterocycles. The molecular weight excluding hydrogens is 280 g/mol. The maximum absolute atomic E-state index is 6.41. The largest absolute Gasteiger partial charge is 0.330 e. The van der Waals surface area contributed by atoms with Crippen molar-refractivity contribution < 1.29 is 0 Å². The van der Waals surface area contributed by atoms with E-state index < -0.39 is 0 Å². The summed E-state index contributed by atoms with van der Waals surface area (Å²) in [6.07, 6.45) is 0.991. The van der Waals surface area contributed by atoms with Crippen LogP contribution in [0.15, 0.2) is 54.6 Å². The number of rotatable bonds is 7. The zero-order valence-corrected chi connectivity index (χ0v) is 14.6. The monoisotopic (exact) mass is 310 g/mol. The Morgan fingerprint density at radius 1 is 0.826 bits per heavy atom. The molecule has 0 heterocycles. The van der Waals surface area contributed by atoms with Crippen molar-refractivity contribution in [1.82, 2.24) is 0 Å². The second kappa shape index (κ2) is 8.28. The molecule has 0 saturated heterocycles. The third-order valence-electron chi connectivity index (χ3n) is 4.82. The van der Waals surface area contributed by atoms with Crippen LogP contribution >= 0.6 is 0 Å². The fourth-order valence-corrected chi connectivity index (χ4v) is 3.20. The van der Waals surface area contributed by atoms with Gasteiger partial charge >= 0.3 is 0 Å². The van der Waals surface area contributed by atoms with Gasteiger partial charge in [0, 0.05) is 6.04 Å². The van der Waals surface area contributed by atoms with Gasteiger partial charge in [0.05, 0.1) is 0 Å². The van der Waals surface area contributed by atoms with Crippen LogP contribution in [-0.4, -0.2) is 6.54 Å². The van der Waals surface area contributed by atoms with E-state index in [0.717, 1.165) is 6.42 Å². The number of hydrogen-bond donors (Lipinski definition) is 2. The lowest BCUT2D eigenvalue weighted by Crippen LogP contribution is -2.21. The average molecular weight is 310 g/mol. The fourth-order valence-electron chi connectivity index (χ4n) is 3.20. The summed E-state index contributed by atoms with van der Waals surface area (Å²) in [6, 6.07) is 19.3. The standard InChI is InChI=1S/C21H30N2/c1-15(2)20(14-22)18-11-9-17(10-12-18)13-16(3)21(23)19-7-5-4-6-8-19/h4-12,15-16,20-21H,13-14,22-23H2,1-3H3. The maximum Gasteiger partial charge on any atom is 0.0324 e. The van der Waals surface area contributed by atoms with Gasteiger partial charge in [-0.15, -0.1) is 0 Å². The first kappa shape index (κ1) is 17.7. The van der Waals surface area contributed by atoms with Crippen LogP contribution in [0.3, 0.4) is 0 Å². The molecule has 23 heavy (non-hydrogen) atoms. The Morgan fingerprint density at radius 2 is 1.43 bits per heavy atom. The number of nitrogens with two attached hydrogens (primary N) is 2. The second-order valence-corrected chi connectivity index (χ2v) is 6.95. The van der Waals surface area contributed by atoms with Crippen molar-refractivity contribution >= 4 is 0 Å². The molecule has 0 aliphatic carbocycles. The van der Waals surface area contributed by atoms with Crippen LogP contribution in [0.5, 0.6) is 0 Å². The maximum atomic E-state index is 6.41. The molecule has 0 saturated carbocycles. The van der Waals surface area contributed by atoms with E-state index in [1.54, 1.807) is 0 Å². The summed E-state index contributed by atoms with van der Waals surface area (Å²) in [5.41, 5.74) is 16.2. The molecule has 0 radical (unpaired) electrons. The van der Waals surface area contributed by atoms with Gasteiger partial charge in [-0.25, -0.2) is 0 Å². The van der Waals surface area contributed by atoms with Crippen LogP contribution in [0, 0.1) is 11.8 Å². The Kier molecular flexibility index (Phi) is 6.37. The molecule has 0 aliphatic rings. The summed E-state index contributed by atoms with van der Waals surface area (Å²) in [5.74, 6) is 1.41. The molecule has 124 valence electrons.